The Morgan fingerprint density at radius 3 is 2.10 bits per heavy atom. The van der Waals surface area contributed by atoms with Crippen LogP contribution in [0.5, 0.6) is 0 Å². The van der Waals surface area contributed by atoms with Crippen molar-refractivity contribution in [3.63, 3.8) is 0 Å². The molecule has 0 bridgehead atoms. The Morgan fingerprint density at radius 2 is 1.60 bits per heavy atom. The average Bonchev–Trinajstić information content (AvgIpc) is 2.38. The largest absolute Gasteiger partial charge is 0.330 e. The number of likely N-dealkylation sites (N-methyl/N-ethyl adjacent to an activating group) is 1. The number of nitrogens with two attached hydrogens (primary N) is 1. The van der Waals surface area contributed by atoms with E-state index in [9.17, 15) is 0 Å². The lowest BCUT2D eigenvalue weighted by Crippen LogP contribution is -2.33. The lowest BCUT2D eigenvalue weighted by Gasteiger charge is -2.26. The smallest absolute Gasteiger partial charge is 0.0234 e. The van der Waals surface area contributed by atoms with Crippen LogP contribution in [-0.4, -0.2) is 50.1 Å². The summed E-state index contributed by atoms with van der Waals surface area (Å²) in [5.41, 5.74) is 8.32. The van der Waals surface area contributed by atoms with E-state index in [1.54, 1.807) is 0 Å². The first kappa shape index (κ1) is 17.2. The van der Waals surface area contributed by atoms with Gasteiger partial charge in [-0.25, -0.2) is 0 Å². The van der Waals surface area contributed by atoms with E-state index in [2.05, 4.69) is 62.0 Å². The molecule has 3 heteroatoms. The Balaban J connectivity index is 2.58. The molecule has 2 N–H and O–H groups in total. The van der Waals surface area contributed by atoms with Gasteiger partial charge in [-0.2, -0.15) is 0 Å². The highest BCUT2D eigenvalue weighted by Crippen LogP contribution is 2.10. The van der Waals surface area contributed by atoms with Crippen molar-refractivity contribution in [2.45, 2.75) is 26.8 Å². The molecule has 0 heterocycles. The van der Waals surface area contributed by atoms with Gasteiger partial charge in [0.05, 0.1) is 0 Å². The first-order valence-corrected chi connectivity index (χ1v) is 7.66. The standard InChI is InChI=1S/C17H31N3/c1-15(2)13-20(12-11-19(3)4)14-17-7-5-16(6-8-17)9-10-18/h5-8,15H,9-14,18H2,1-4H3. The summed E-state index contributed by atoms with van der Waals surface area (Å²) in [7, 11) is 4.27. The molecule has 0 aliphatic carbocycles. The van der Waals surface area contributed by atoms with Gasteiger partial charge < -0.3 is 10.6 Å². The molecule has 114 valence electrons. The van der Waals surface area contributed by atoms with Crippen molar-refractivity contribution in [1.82, 2.24) is 9.80 Å². The zero-order valence-corrected chi connectivity index (χ0v) is 13.6. The molecule has 0 aliphatic heterocycles. The molecule has 0 saturated heterocycles. The van der Waals surface area contributed by atoms with E-state index in [1.807, 2.05) is 0 Å². The number of rotatable bonds is 9. The second-order valence-electron chi connectivity index (χ2n) is 6.29. The van der Waals surface area contributed by atoms with Crippen LogP contribution in [0.2, 0.25) is 0 Å². The molecule has 0 atom stereocenters. The van der Waals surface area contributed by atoms with Gasteiger partial charge >= 0.3 is 0 Å². The normalized spacial score (nSPS) is 11.8. The lowest BCUT2D eigenvalue weighted by molar-refractivity contribution is 0.212. The van der Waals surface area contributed by atoms with Gasteiger partial charge in [0.25, 0.3) is 0 Å². The monoisotopic (exact) mass is 277 g/mol. The third-order valence-electron chi connectivity index (χ3n) is 3.35. The Labute approximate surface area is 124 Å². The summed E-state index contributed by atoms with van der Waals surface area (Å²) in [4.78, 5) is 4.79. The molecule has 0 unspecified atom stereocenters. The van der Waals surface area contributed by atoms with Crippen molar-refractivity contribution < 1.29 is 0 Å². The summed E-state index contributed by atoms with van der Waals surface area (Å²) >= 11 is 0. The van der Waals surface area contributed by atoms with Crippen LogP contribution in [0.15, 0.2) is 24.3 Å². The fraction of sp³-hybridized carbons (Fsp3) is 0.647. The van der Waals surface area contributed by atoms with Crippen molar-refractivity contribution in [2.75, 3.05) is 40.3 Å². The second kappa shape index (κ2) is 9.11. The molecule has 0 saturated carbocycles. The van der Waals surface area contributed by atoms with E-state index in [4.69, 9.17) is 5.73 Å². The molecule has 0 fully saturated rings. The minimum absolute atomic E-state index is 0.702. The fourth-order valence-electron chi connectivity index (χ4n) is 2.33. The summed E-state index contributed by atoms with van der Waals surface area (Å²) in [6.07, 6.45) is 0.969. The molecule has 0 radical (unpaired) electrons. The van der Waals surface area contributed by atoms with E-state index in [0.29, 0.717) is 5.92 Å². The maximum atomic E-state index is 5.59. The summed E-state index contributed by atoms with van der Waals surface area (Å²) in [6.45, 7) is 9.71. The van der Waals surface area contributed by atoms with Gasteiger partial charge in [-0.3, -0.25) is 4.90 Å². The first-order valence-electron chi connectivity index (χ1n) is 7.66. The van der Waals surface area contributed by atoms with E-state index >= 15 is 0 Å². The maximum absolute atomic E-state index is 5.59. The summed E-state index contributed by atoms with van der Waals surface area (Å²) in [5, 5.41) is 0. The molecule has 0 aliphatic rings. The van der Waals surface area contributed by atoms with Gasteiger partial charge in [-0.05, 0) is 44.1 Å². The molecule has 0 aromatic heterocycles. The van der Waals surface area contributed by atoms with Gasteiger partial charge in [-0.15, -0.1) is 0 Å². The zero-order chi connectivity index (χ0) is 15.0. The molecular formula is C17H31N3. The van der Waals surface area contributed by atoms with E-state index in [0.717, 1.165) is 39.1 Å². The number of hydrogen-bond acceptors (Lipinski definition) is 3. The minimum atomic E-state index is 0.702. The van der Waals surface area contributed by atoms with Crippen molar-refractivity contribution in [3.05, 3.63) is 35.4 Å². The lowest BCUT2D eigenvalue weighted by atomic mass is 10.1. The SMILES string of the molecule is CC(C)CN(CCN(C)C)Cc1ccc(CCN)cc1. The van der Waals surface area contributed by atoms with Crippen LogP contribution in [0.3, 0.4) is 0 Å². The van der Waals surface area contributed by atoms with Gasteiger partial charge in [0.2, 0.25) is 0 Å². The first-order chi connectivity index (χ1) is 9.51. The van der Waals surface area contributed by atoms with Crippen molar-refractivity contribution in [2.24, 2.45) is 11.7 Å². The molecule has 1 rings (SSSR count). The molecule has 0 spiro atoms. The topological polar surface area (TPSA) is 32.5 Å². The van der Waals surface area contributed by atoms with Crippen LogP contribution in [0.4, 0.5) is 0 Å². The van der Waals surface area contributed by atoms with Gasteiger partial charge in [0.1, 0.15) is 0 Å². The highest BCUT2D eigenvalue weighted by Gasteiger charge is 2.08. The van der Waals surface area contributed by atoms with Crippen LogP contribution in [0.1, 0.15) is 25.0 Å². The highest BCUT2D eigenvalue weighted by atomic mass is 15.2. The van der Waals surface area contributed by atoms with Crippen molar-refractivity contribution in [1.29, 1.82) is 0 Å². The fourth-order valence-corrected chi connectivity index (χ4v) is 2.33. The van der Waals surface area contributed by atoms with Crippen LogP contribution >= 0.6 is 0 Å². The van der Waals surface area contributed by atoms with Gasteiger partial charge in [0.15, 0.2) is 0 Å². The Morgan fingerprint density at radius 1 is 1.00 bits per heavy atom. The molecular weight excluding hydrogens is 246 g/mol. The zero-order valence-electron chi connectivity index (χ0n) is 13.6. The molecule has 0 amide bonds. The predicted molar refractivity (Wildman–Crippen MR) is 87.9 cm³/mol. The molecule has 1 aromatic rings. The Hall–Kier alpha value is -0.900. The third-order valence-corrected chi connectivity index (χ3v) is 3.35. The molecule has 1 aromatic carbocycles. The minimum Gasteiger partial charge on any atom is -0.330 e. The van der Waals surface area contributed by atoms with E-state index in [1.165, 1.54) is 11.1 Å². The van der Waals surface area contributed by atoms with Crippen LogP contribution in [0, 0.1) is 5.92 Å². The molecule has 20 heavy (non-hydrogen) atoms. The summed E-state index contributed by atoms with van der Waals surface area (Å²) in [5.74, 6) is 0.702. The molecule has 3 nitrogen and oxygen atoms in total. The quantitative estimate of drug-likeness (QED) is 0.751. The van der Waals surface area contributed by atoms with Gasteiger partial charge in [-0.1, -0.05) is 38.1 Å². The highest BCUT2D eigenvalue weighted by molar-refractivity contribution is 5.22. The average molecular weight is 277 g/mol. The Bertz CT molecular complexity index is 357. The van der Waals surface area contributed by atoms with Crippen LogP contribution < -0.4 is 5.73 Å². The maximum Gasteiger partial charge on any atom is 0.0234 e. The van der Waals surface area contributed by atoms with E-state index < -0.39 is 0 Å². The number of benzene rings is 1. The van der Waals surface area contributed by atoms with Crippen LogP contribution in [0.25, 0.3) is 0 Å². The number of nitrogens with zero attached hydrogens (tertiary/aromatic N) is 2. The van der Waals surface area contributed by atoms with Crippen LogP contribution in [-0.2, 0) is 13.0 Å². The van der Waals surface area contributed by atoms with Crippen molar-refractivity contribution >= 4 is 0 Å². The second-order valence-corrected chi connectivity index (χ2v) is 6.29. The van der Waals surface area contributed by atoms with Gasteiger partial charge in [0, 0.05) is 26.2 Å². The third kappa shape index (κ3) is 7.04. The van der Waals surface area contributed by atoms with Crippen molar-refractivity contribution in [3.8, 4) is 0 Å². The summed E-state index contributed by atoms with van der Waals surface area (Å²) in [6, 6.07) is 8.91. The summed E-state index contributed by atoms with van der Waals surface area (Å²) < 4.78 is 0. The Kier molecular flexibility index (Phi) is 7.82. The predicted octanol–water partition coefficient (Wildman–Crippen LogP) is 2.21. The number of hydrogen-bond donors (Lipinski definition) is 1. The van der Waals surface area contributed by atoms with E-state index in [-0.39, 0.29) is 0 Å².